The van der Waals surface area contributed by atoms with E-state index in [1.807, 2.05) is 0 Å². The van der Waals surface area contributed by atoms with Crippen molar-refractivity contribution in [2.24, 2.45) is 0 Å². The van der Waals surface area contributed by atoms with Crippen LogP contribution in [0.5, 0.6) is 11.5 Å². The first kappa shape index (κ1) is 17.0. The number of rotatable bonds is 4. The van der Waals surface area contributed by atoms with Gasteiger partial charge in [0, 0.05) is 18.1 Å². The number of para-hydroxylation sites is 1. The molecule has 0 saturated heterocycles. The summed E-state index contributed by atoms with van der Waals surface area (Å²) in [5, 5.41) is 30.3. The number of phenols is 1. The largest absolute Gasteiger partial charge is 0.502 e. The van der Waals surface area contributed by atoms with Gasteiger partial charge in [-0.25, -0.2) is 8.42 Å². The van der Waals surface area contributed by atoms with Crippen LogP contribution in [-0.2, 0) is 10.0 Å². The average molecular weight is 366 g/mol. The number of sulfonamides is 1. The number of aliphatic hydroxyl groups is 1. The number of hydrogen-bond acceptors (Lipinski definition) is 7. The maximum absolute atomic E-state index is 12.5. The van der Waals surface area contributed by atoms with E-state index >= 15 is 0 Å². The lowest BCUT2D eigenvalue weighted by molar-refractivity contribution is -0.386. The number of nitro groups is 1. The van der Waals surface area contributed by atoms with Crippen LogP contribution in [0, 0.1) is 10.1 Å². The summed E-state index contributed by atoms with van der Waals surface area (Å²) in [6, 6.07) is 7.41. The number of nitro benzene ring substituents is 1. The van der Waals surface area contributed by atoms with E-state index in [4.69, 9.17) is 4.74 Å². The molecule has 25 heavy (non-hydrogen) atoms. The Kier molecular flexibility index (Phi) is 4.23. The molecule has 3 N–H and O–H groups in total. The number of benzene rings is 2. The van der Waals surface area contributed by atoms with Crippen LogP contribution >= 0.6 is 0 Å². The van der Waals surface area contributed by atoms with Gasteiger partial charge in [0.05, 0.1) is 28.2 Å². The minimum absolute atomic E-state index is 0.118. The highest BCUT2D eigenvalue weighted by Crippen LogP contribution is 2.39. The number of anilines is 1. The van der Waals surface area contributed by atoms with Gasteiger partial charge in [0.15, 0.2) is 5.75 Å². The number of aromatic hydroxyl groups is 1. The Hall–Kier alpha value is -2.85. The normalized spacial score (nSPS) is 16.6. The molecule has 0 radical (unpaired) electrons. The van der Waals surface area contributed by atoms with Crippen molar-refractivity contribution in [3.8, 4) is 11.5 Å². The summed E-state index contributed by atoms with van der Waals surface area (Å²) >= 11 is 0. The third-order valence-electron chi connectivity index (χ3n) is 3.74. The summed E-state index contributed by atoms with van der Waals surface area (Å²) in [5.74, 6) is -0.411. The van der Waals surface area contributed by atoms with Gasteiger partial charge in [-0.05, 0) is 18.2 Å². The number of hydrogen-bond donors (Lipinski definition) is 3. The molecule has 10 heteroatoms. The highest BCUT2D eigenvalue weighted by molar-refractivity contribution is 7.92. The standard InChI is InChI=1S/C15H14N2O7S/c18-13-6-7-24-15-10(13)2-1-3-11(15)16-25(22,23)9-4-5-14(19)12(8-9)17(20)21/h1-5,8,13,16,18-19H,6-7H2/t13-/m0/s1. The molecular weight excluding hydrogens is 352 g/mol. The van der Waals surface area contributed by atoms with Crippen LogP contribution in [0.25, 0.3) is 0 Å². The van der Waals surface area contributed by atoms with Crippen LogP contribution in [0.2, 0.25) is 0 Å². The fourth-order valence-corrected chi connectivity index (χ4v) is 3.59. The fraction of sp³-hybridized carbons (Fsp3) is 0.200. The third-order valence-corrected chi connectivity index (χ3v) is 5.10. The van der Waals surface area contributed by atoms with Gasteiger partial charge in [0.25, 0.3) is 10.0 Å². The number of ether oxygens (including phenoxy) is 1. The van der Waals surface area contributed by atoms with Gasteiger partial charge in [-0.15, -0.1) is 0 Å². The van der Waals surface area contributed by atoms with Crippen molar-refractivity contribution in [2.45, 2.75) is 17.4 Å². The van der Waals surface area contributed by atoms with Gasteiger partial charge < -0.3 is 14.9 Å². The zero-order valence-corrected chi connectivity index (χ0v) is 13.6. The van der Waals surface area contributed by atoms with Crippen LogP contribution in [0.1, 0.15) is 18.1 Å². The van der Waals surface area contributed by atoms with Gasteiger partial charge in [-0.2, -0.15) is 0 Å². The van der Waals surface area contributed by atoms with Gasteiger partial charge in [0.2, 0.25) is 0 Å². The maximum Gasteiger partial charge on any atom is 0.312 e. The molecule has 0 bridgehead atoms. The molecule has 1 aliphatic rings. The summed E-state index contributed by atoms with van der Waals surface area (Å²) in [5.41, 5.74) is -0.139. The molecule has 0 amide bonds. The predicted octanol–water partition coefficient (Wildman–Crippen LogP) is 1.92. The maximum atomic E-state index is 12.5. The quantitative estimate of drug-likeness (QED) is 0.555. The molecule has 0 saturated carbocycles. The van der Waals surface area contributed by atoms with Crippen LogP contribution < -0.4 is 9.46 Å². The lowest BCUT2D eigenvalue weighted by Crippen LogP contribution is -2.18. The van der Waals surface area contributed by atoms with Crippen LogP contribution in [0.4, 0.5) is 11.4 Å². The second-order valence-corrected chi connectivity index (χ2v) is 7.07. The summed E-state index contributed by atoms with van der Waals surface area (Å²) in [6.45, 7) is 0.234. The smallest absolute Gasteiger partial charge is 0.312 e. The van der Waals surface area contributed by atoms with E-state index in [1.54, 1.807) is 12.1 Å². The van der Waals surface area contributed by atoms with Crippen LogP contribution in [0.3, 0.4) is 0 Å². The molecule has 2 aromatic rings. The van der Waals surface area contributed by atoms with Crippen molar-refractivity contribution >= 4 is 21.4 Å². The van der Waals surface area contributed by atoms with E-state index in [0.29, 0.717) is 12.0 Å². The summed E-state index contributed by atoms with van der Waals surface area (Å²) in [6.07, 6.45) is -0.365. The van der Waals surface area contributed by atoms with Crippen molar-refractivity contribution in [3.05, 3.63) is 52.1 Å². The van der Waals surface area contributed by atoms with Gasteiger partial charge >= 0.3 is 5.69 Å². The predicted molar refractivity (Wildman–Crippen MR) is 87.1 cm³/mol. The summed E-state index contributed by atoms with van der Waals surface area (Å²) in [4.78, 5) is 9.61. The number of phenolic OH excluding ortho intramolecular Hbond substituents is 1. The minimum atomic E-state index is -4.16. The van der Waals surface area contributed by atoms with Crippen molar-refractivity contribution in [1.82, 2.24) is 0 Å². The molecule has 1 atom stereocenters. The highest BCUT2D eigenvalue weighted by Gasteiger charge is 2.26. The van der Waals surface area contributed by atoms with E-state index in [9.17, 15) is 28.7 Å². The number of fused-ring (bicyclic) bond motifs is 1. The lowest BCUT2D eigenvalue weighted by atomic mass is 10.0. The molecule has 1 aliphatic heterocycles. The summed E-state index contributed by atoms with van der Waals surface area (Å²) in [7, 11) is -4.16. The molecule has 0 aromatic heterocycles. The molecule has 0 fully saturated rings. The molecule has 1 heterocycles. The Balaban J connectivity index is 2.00. The number of aliphatic hydroxyl groups excluding tert-OH is 1. The third kappa shape index (κ3) is 3.21. The Morgan fingerprint density at radius 1 is 1.28 bits per heavy atom. The van der Waals surface area contributed by atoms with Crippen molar-refractivity contribution in [2.75, 3.05) is 11.3 Å². The van der Waals surface area contributed by atoms with Crippen LogP contribution in [0.15, 0.2) is 41.3 Å². The Labute approximate surface area is 142 Å². The van der Waals surface area contributed by atoms with E-state index in [0.717, 1.165) is 18.2 Å². The SMILES string of the molecule is O=[N+]([O-])c1cc(S(=O)(=O)Nc2cccc3c2OCC[C@@H]3O)ccc1O. The molecular formula is C15H14N2O7S. The van der Waals surface area contributed by atoms with E-state index < -0.39 is 32.5 Å². The second kappa shape index (κ2) is 6.22. The van der Waals surface area contributed by atoms with E-state index in [1.165, 1.54) is 6.07 Å². The van der Waals surface area contributed by atoms with Gasteiger partial charge in [-0.3, -0.25) is 14.8 Å². The second-order valence-electron chi connectivity index (χ2n) is 5.39. The molecule has 9 nitrogen and oxygen atoms in total. The van der Waals surface area contributed by atoms with Gasteiger partial charge in [-0.1, -0.05) is 12.1 Å². The van der Waals surface area contributed by atoms with E-state index in [2.05, 4.69) is 4.72 Å². The molecule has 0 spiro atoms. The van der Waals surface area contributed by atoms with Crippen LogP contribution in [-0.4, -0.2) is 30.2 Å². The number of nitrogens with one attached hydrogen (secondary N) is 1. The lowest BCUT2D eigenvalue weighted by Gasteiger charge is -2.24. The van der Waals surface area contributed by atoms with Crippen molar-refractivity contribution < 1.29 is 28.3 Å². The minimum Gasteiger partial charge on any atom is -0.502 e. The van der Waals surface area contributed by atoms with Crippen molar-refractivity contribution in [3.63, 3.8) is 0 Å². The Morgan fingerprint density at radius 2 is 2.04 bits per heavy atom. The topological polar surface area (TPSA) is 139 Å². The first-order valence-electron chi connectivity index (χ1n) is 7.23. The first-order chi connectivity index (χ1) is 11.8. The Morgan fingerprint density at radius 3 is 2.76 bits per heavy atom. The Bertz CT molecular complexity index is 943. The van der Waals surface area contributed by atoms with Crippen molar-refractivity contribution in [1.29, 1.82) is 0 Å². The first-order valence-corrected chi connectivity index (χ1v) is 8.72. The molecule has 0 aliphatic carbocycles. The average Bonchev–Trinajstić information content (AvgIpc) is 2.55. The summed E-state index contributed by atoms with van der Waals surface area (Å²) < 4.78 is 32.8. The zero-order chi connectivity index (χ0) is 18.2. The molecule has 132 valence electrons. The van der Waals surface area contributed by atoms with Gasteiger partial charge in [0.1, 0.15) is 5.75 Å². The van der Waals surface area contributed by atoms with E-state index in [-0.39, 0.29) is 22.9 Å². The monoisotopic (exact) mass is 366 g/mol. The fourth-order valence-electron chi connectivity index (χ4n) is 2.51. The highest BCUT2D eigenvalue weighted by atomic mass is 32.2. The molecule has 2 aromatic carbocycles. The molecule has 0 unspecified atom stereocenters. The number of nitrogens with zero attached hydrogens (tertiary/aromatic N) is 1. The molecule has 3 rings (SSSR count). The zero-order valence-electron chi connectivity index (χ0n) is 12.7.